The molecule has 0 aliphatic carbocycles. The Morgan fingerprint density at radius 1 is 1.25 bits per heavy atom. The number of hydrogen-bond donors (Lipinski definition) is 0. The molecular formula is C16H22O4. The van der Waals surface area contributed by atoms with Crippen LogP contribution in [0, 0.1) is 0 Å². The Morgan fingerprint density at radius 2 is 1.95 bits per heavy atom. The Kier molecular flexibility index (Phi) is 5.62. The summed E-state index contributed by atoms with van der Waals surface area (Å²) in [5.41, 5.74) is 0.411. The van der Waals surface area contributed by atoms with Gasteiger partial charge in [-0.1, -0.05) is 18.7 Å². The van der Waals surface area contributed by atoms with Gasteiger partial charge in [-0.25, -0.2) is 4.79 Å². The quantitative estimate of drug-likeness (QED) is 0.748. The number of benzene rings is 1. The van der Waals surface area contributed by atoms with Gasteiger partial charge in [-0.05, 0) is 45.4 Å². The second kappa shape index (κ2) is 6.98. The molecule has 0 aliphatic rings. The lowest BCUT2D eigenvalue weighted by Crippen LogP contribution is -2.27. The average molecular weight is 278 g/mol. The van der Waals surface area contributed by atoms with E-state index in [0.29, 0.717) is 18.1 Å². The van der Waals surface area contributed by atoms with Crippen molar-refractivity contribution in [1.29, 1.82) is 0 Å². The van der Waals surface area contributed by atoms with E-state index in [9.17, 15) is 4.79 Å². The molecular weight excluding hydrogens is 256 g/mol. The Bertz CT molecular complexity index is 472. The van der Waals surface area contributed by atoms with Crippen LogP contribution in [0.5, 0.6) is 11.5 Å². The van der Waals surface area contributed by atoms with Crippen LogP contribution in [-0.4, -0.2) is 24.8 Å². The van der Waals surface area contributed by atoms with Gasteiger partial charge in [-0.15, -0.1) is 0 Å². The van der Waals surface area contributed by atoms with Gasteiger partial charge in [0, 0.05) is 0 Å². The van der Waals surface area contributed by atoms with Crippen LogP contribution in [0.25, 0.3) is 6.08 Å². The van der Waals surface area contributed by atoms with Crippen LogP contribution in [0.2, 0.25) is 0 Å². The first-order chi connectivity index (χ1) is 9.35. The molecule has 0 saturated carbocycles. The summed E-state index contributed by atoms with van der Waals surface area (Å²) < 4.78 is 16.1. The van der Waals surface area contributed by atoms with Crippen molar-refractivity contribution in [2.45, 2.75) is 33.3 Å². The van der Waals surface area contributed by atoms with Crippen molar-refractivity contribution in [3.05, 3.63) is 30.3 Å². The summed E-state index contributed by atoms with van der Waals surface area (Å²) in [6.45, 7) is 11.4. The topological polar surface area (TPSA) is 44.8 Å². The van der Waals surface area contributed by atoms with Crippen LogP contribution in [0.4, 0.5) is 0 Å². The van der Waals surface area contributed by atoms with Crippen LogP contribution >= 0.6 is 0 Å². The van der Waals surface area contributed by atoms with Gasteiger partial charge in [0.15, 0.2) is 18.1 Å². The van der Waals surface area contributed by atoms with Crippen LogP contribution < -0.4 is 9.47 Å². The SMILES string of the molecule is C=Cc1ccc(OCC(=O)OC(C)(C)C)c(OCC)c1. The number of rotatable bonds is 6. The molecule has 0 bridgehead atoms. The summed E-state index contributed by atoms with van der Waals surface area (Å²) >= 11 is 0. The zero-order valence-corrected chi connectivity index (χ0v) is 12.6. The summed E-state index contributed by atoms with van der Waals surface area (Å²) in [4.78, 5) is 11.6. The summed E-state index contributed by atoms with van der Waals surface area (Å²) in [7, 11) is 0. The molecule has 0 N–H and O–H groups in total. The first-order valence-corrected chi connectivity index (χ1v) is 6.59. The molecule has 1 aromatic rings. The van der Waals surface area contributed by atoms with Crippen LogP contribution in [0.3, 0.4) is 0 Å². The monoisotopic (exact) mass is 278 g/mol. The van der Waals surface area contributed by atoms with E-state index in [2.05, 4.69) is 6.58 Å². The minimum atomic E-state index is -0.518. The van der Waals surface area contributed by atoms with Gasteiger partial charge in [0.2, 0.25) is 0 Å². The predicted octanol–water partition coefficient (Wildman–Crippen LogP) is 3.45. The molecule has 0 unspecified atom stereocenters. The van der Waals surface area contributed by atoms with Crippen molar-refractivity contribution in [3.63, 3.8) is 0 Å². The molecule has 0 amide bonds. The van der Waals surface area contributed by atoms with Crippen molar-refractivity contribution in [3.8, 4) is 11.5 Å². The lowest BCUT2D eigenvalue weighted by atomic mass is 10.2. The molecule has 0 aromatic heterocycles. The Morgan fingerprint density at radius 3 is 2.50 bits per heavy atom. The van der Waals surface area contributed by atoms with Gasteiger partial charge in [-0.2, -0.15) is 0 Å². The number of carbonyl (C=O) groups excluding carboxylic acids is 1. The fourth-order valence-electron chi connectivity index (χ4n) is 1.55. The van der Waals surface area contributed by atoms with Gasteiger partial charge < -0.3 is 14.2 Å². The minimum Gasteiger partial charge on any atom is -0.490 e. The van der Waals surface area contributed by atoms with E-state index in [1.165, 1.54) is 0 Å². The smallest absolute Gasteiger partial charge is 0.344 e. The molecule has 0 atom stereocenters. The number of carbonyl (C=O) groups is 1. The zero-order chi connectivity index (χ0) is 15.2. The van der Waals surface area contributed by atoms with Gasteiger partial charge in [0.05, 0.1) is 6.61 Å². The highest BCUT2D eigenvalue weighted by atomic mass is 16.6. The minimum absolute atomic E-state index is 0.148. The maximum absolute atomic E-state index is 11.6. The molecule has 4 heteroatoms. The third-order valence-electron chi connectivity index (χ3n) is 2.27. The van der Waals surface area contributed by atoms with E-state index in [0.717, 1.165) is 5.56 Å². The lowest BCUT2D eigenvalue weighted by Gasteiger charge is -2.20. The van der Waals surface area contributed by atoms with Crippen molar-refractivity contribution in [2.24, 2.45) is 0 Å². The Balaban J connectivity index is 2.71. The van der Waals surface area contributed by atoms with Crippen molar-refractivity contribution >= 4 is 12.0 Å². The highest BCUT2D eigenvalue weighted by Gasteiger charge is 2.17. The van der Waals surface area contributed by atoms with Gasteiger partial charge in [0.1, 0.15) is 5.60 Å². The number of esters is 1. The maximum Gasteiger partial charge on any atom is 0.344 e. The van der Waals surface area contributed by atoms with E-state index < -0.39 is 11.6 Å². The molecule has 1 rings (SSSR count). The van der Waals surface area contributed by atoms with Crippen molar-refractivity contribution in [1.82, 2.24) is 0 Å². The van der Waals surface area contributed by atoms with Gasteiger partial charge >= 0.3 is 5.97 Å². The number of ether oxygens (including phenoxy) is 3. The van der Waals surface area contributed by atoms with E-state index in [1.54, 1.807) is 12.1 Å². The van der Waals surface area contributed by atoms with E-state index in [-0.39, 0.29) is 6.61 Å². The molecule has 0 spiro atoms. The predicted molar refractivity (Wildman–Crippen MR) is 79.0 cm³/mol. The van der Waals surface area contributed by atoms with Crippen LogP contribution in [0.15, 0.2) is 24.8 Å². The van der Waals surface area contributed by atoms with E-state index in [1.807, 2.05) is 39.8 Å². The van der Waals surface area contributed by atoms with Gasteiger partial charge in [0.25, 0.3) is 0 Å². The summed E-state index contributed by atoms with van der Waals surface area (Å²) in [6, 6.07) is 5.42. The largest absolute Gasteiger partial charge is 0.490 e. The fraction of sp³-hybridized carbons (Fsp3) is 0.438. The third kappa shape index (κ3) is 5.34. The number of hydrogen-bond acceptors (Lipinski definition) is 4. The molecule has 4 nitrogen and oxygen atoms in total. The van der Waals surface area contributed by atoms with Crippen LogP contribution in [0.1, 0.15) is 33.3 Å². The summed E-state index contributed by atoms with van der Waals surface area (Å²) in [5.74, 6) is 0.699. The molecule has 20 heavy (non-hydrogen) atoms. The zero-order valence-electron chi connectivity index (χ0n) is 12.6. The summed E-state index contributed by atoms with van der Waals surface area (Å²) in [5, 5.41) is 0. The van der Waals surface area contributed by atoms with E-state index in [4.69, 9.17) is 14.2 Å². The second-order valence-corrected chi connectivity index (χ2v) is 5.22. The molecule has 0 radical (unpaired) electrons. The Labute approximate surface area is 120 Å². The lowest BCUT2D eigenvalue weighted by molar-refractivity contribution is -0.157. The fourth-order valence-corrected chi connectivity index (χ4v) is 1.55. The molecule has 110 valence electrons. The first-order valence-electron chi connectivity index (χ1n) is 6.59. The summed E-state index contributed by atoms with van der Waals surface area (Å²) in [6.07, 6.45) is 1.72. The average Bonchev–Trinajstić information content (AvgIpc) is 2.35. The second-order valence-electron chi connectivity index (χ2n) is 5.22. The first kappa shape index (κ1) is 16.1. The molecule has 1 aromatic carbocycles. The highest BCUT2D eigenvalue weighted by molar-refractivity contribution is 5.71. The third-order valence-corrected chi connectivity index (χ3v) is 2.27. The molecule has 0 fully saturated rings. The van der Waals surface area contributed by atoms with Gasteiger partial charge in [-0.3, -0.25) is 0 Å². The molecule has 0 saturated heterocycles. The molecule has 0 aliphatic heterocycles. The molecule has 0 heterocycles. The maximum atomic E-state index is 11.6. The highest BCUT2D eigenvalue weighted by Crippen LogP contribution is 2.29. The Hall–Kier alpha value is -1.97. The van der Waals surface area contributed by atoms with Crippen LogP contribution in [-0.2, 0) is 9.53 Å². The normalized spacial score (nSPS) is 10.8. The van der Waals surface area contributed by atoms with Crippen molar-refractivity contribution in [2.75, 3.05) is 13.2 Å². The standard InChI is InChI=1S/C16H22O4/c1-6-12-8-9-13(14(10-12)18-7-2)19-11-15(17)20-16(3,4)5/h6,8-10H,1,7,11H2,2-5H3. The van der Waals surface area contributed by atoms with Crippen molar-refractivity contribution < 1.29 is 19.0 Å². The van der Waals surface area contributed by atoms with E-state index >= 15 is 0 Å².